The van der Waals surface area contributed by atoms with Gasteiger partial charge in [-0.3, -0.25) is 4.90 Å². The van der Waals surface area contributed by atoms with Crippen LogP contribution in [0.2, 0.25) is 0 Å². The van der Waals surface area contributed by atoms with Gasteiger partial charge in [-0.05, 0) is 43.8 Å². The molecule has 1 aromatic rings. The van der Waals surface area contributed by atoms with E-state index in [1.54, 1.807) is 7.11 Å². The van der Waals surface area contributed by atoms with E-state index in [-0.39, 0.29) is 0 Å². The molecule has 0 aliphatic carbocycles. The first kappa shape index (κ1) is 14.5. The van der Waals surface area contributed by atoms with Gasteiger partial charge >= 0.3 is 0 Å². The molecule has 0 aromatic heterocycles. The van der Waals surface area contributed by atoms with Crippen LogP contribution in [0.15, 0.2) is 30.3 Å². The van der Waals surface area contributed by atoms with Gasteiger partial charge in [0.05, 0.1) is 6.61 Å². The highest BCUT2D eigenvalue weighted by Crippen LogP contribution is 2.29. The van der Waals surface area contributed by atoms with Crippen molar-refractivity contribution < 1.29 is 4.74 Å². The normalized spacial score (nSPS) is 21.7. The van der Waals surface area contributed by atoms with Gasteiger partial charge in [-0.1, -0.05) is 30.3 Å². The third kappa shape index (κ3) is 4.03. The SMILES string of the molecule is COCC(CCCN)N1CCC(c2ccccc2)C1. The summed E-state index contributed by atoms with van der Waals surface area (Å²) < 4.78 is 5.37. The summed E-state index contributed by atoms with van der Waals surface area (Å²) in [7, 11) is 1.79. The summed E-state index contributed by atoms with van der Waals surface area (Å²) in [5.41, 5.74) is 7.10. The molecule has 0 radical (unpaired) electrons. The minimum absolute atomic E-state index is 0.530. The number of nitrogens with two attached hydrogens (primary N) is 1. The van der Waals surface area contributed by atoms with Crippen molar-refractivity contribution in [2.24, 2.45) is 5.73 Å². The maximum absolute atomic E-state index is 5.63. The molecule has 0 saturated carbocycles. The van der Waals surface area contributed by atoms with Crippen molar-refractivity contribution in [2.75, 3.05) is 33.4 Å². The Morgan fingerprint density at radius 2 is 2.16 bits per heavy atom. The quantitative estimate of drug-likeness (QED) is 0.819. The van der Waals surface area contributed by atoms with Gasteiger partial charge in [0.25, 0.3) is 0 Å². The molecule has 2 N–H and O–H groups in total. The van der Waals surface area contributed by atoms with Gasteiger partial charge < -0.3 is 10.5 Å². The lowest BCUT2D eigenvalue weighted by molar-refractivity contribution is 0.0983. The smallest absolute Gasteiger partial charge is 0.0618 e. The van der Waals surface area contributed by atoms with Crippen LogP contribution in [0.25, 0.3) is 0 Å². The van der Waals surface area contributed by atoms with Gasteiger partial charge in [-0.25, -0.2) is 0 Å². The van der Waals surface area contributed by atoms with Gasteiger partial charge in [0.1, 0.15) is 0 Å². The predicted octanol–water partition coefficient (Wildman–Crippen LogP) is 2.23. The Hall–Kier alpha value is -0.900. The Kier molecular flexibility index (Phi) is 5.83. The molecular formula is C16H26N2O. The molecule has 1 aliphatic heterocycles. The maximum atomic E-state index is 5.63. The number of ether oxygens (including phenoxy) is 1. The van der Waals surface area contributed by atoms with Crippen LogP contribution in [-0.2, 0) is 4.74 Å². The Bertz CT molecular complexity index is 355. The second-order valence-electron chi connectivity index (χ2n) is 5.43. The molecule has 2 atom stereocenters. The number of benzene rings is 1. The Balaban J connectivity index is 1.92. The summed E-state index contributed by atoms with van der Waals surface area (Å²) >= 11 is 0. The van der Waals surface area contributed by atoms with Crippen molar-refractivity contribution in [3.8, 4) is 0 Å². The molecule has 3 heteroatoms. The minimum Gasteiger partial charge on any atom is -0.383 e. The molecule has 1 aliphatic rings. The zero-order valence-electron chi connectivity index (χ0n) is 11.9. The highest BCUT2D eigenvalue weighted by atomic mass is 16.5. The van der Waals surface area contributed by atoms with Crippen LogP contribution in [0, 0.1) is 0 Å². The Morgan fingerprint density at radius 3 is 2.84 bits per heavy atom. The van der Waals surface area contributed by atoms with E-state index in [2.05, 4.69) is 35.2 Å². The second-order valence-corrected chi connectivity index (χ2v) is 5.43. The van der Waals surface area contributed by atoms with E-state index in [1.807, 2.05) is 0 Å². The molecule has 1 aromatic carbocycles. The van der Waals surface area contributed by atoms with Crippen LogP contribution >= 0.6 is 0 Å². The van der Waals surface area contributed by atoms with Crippen molar-refractivity contribution in [2.45, 2.75) is 31.2 Å². The van der Waals surface area contributed by atoms with Crippen molar-refractivity contribution in [3.05, 3.63) is 35.9 Å². The Morgan fingerprint density at radius 1 is 1.37 bits per heavy atom. The van der Waals surface area contributed by atoms with Gasteiger partial charge in [0, 0.05) is 19.7 Å². The van der Waals surface area contributed by atoms with E-state index in [1.165, 1.54) is 18.5 Å². The summed E-state index contributed by atoms with van der Waals surface area (Å²) in [5.74, 6) is 0.679. The molecule has 0 bridgehead atoms. The van der Waals surface area contributed by atoms with Crippen LogP contribution in [-0.4, -0.2) is 44.3 Å². The first-order valence-electron chi connectivity index (χ1n) is 7.33. The maximum Gasteiger partial charge on any atom is 0.0618 e. The van der Waals surface area contributed by atoms with Crippen molar-refractivity contribution in [3.63, 3.8) is 0 Å². The molecule has 0 amide bonds. The monoisotopic (exact) mass is 262 g/mol. The predicted molar refractivity (Wildman–Crippen MR) is 79.3 cm³/mol. The fourth-order valence-electron chi connectivity index (χ4n) is 3.03. The van der Waals surface area contributed by atoms with Crippen molar-refractivity contribution in [1.82, 2.24) is 4.90 Å². The first-order chi connectivity index (χ1) is 9.35. The van der Waals surface area contributed by atoms with Crippen LogP contribution in [0.5, 0.6) is 0 Å². The molecule has 3 nitrogen and oxygen atoms in total. The molecule has 2 rings (SSSR count). The standard InChI is InChI=1S/C16H26N2O/c1-19-13-16(8-5-10-17)18-11-9-15(12-18)14-6-3-2-4-7-14/h2-4,6-7,15-16H,5,8-13,17H2,1H3. The number of hydrogen-bond acceptors (Lipinski definition) is 3. The average Bonchev–Trinajstić information content (AvgIpc) is 2.94. The van der Waals surface area contributed by atoms with Gasteiger partial charge in [0.15, 0.2) is 0 Å². The molecule has 1 fully saturated rings. The second kappa shape index (κ2) is 7.63. The van der Waals surface area contributed by atoms with E-state index in [4.69, 9.17) is 10.5 Å². The summed E-state index contributed by atoms with van der Waals surface area (Å²) in [6.07, 6.45) is 3.49. The Labute approximate surface area is 116 Å². The third-order valence-corrected chi connectivity index (χ3v) is 4.11. The minimum atomic E-state index is 0.530. The topological polar surface area (TPSA) is 38.5 Å². The highest BCUT2D eigenvalue weighted by molar-refractivity contribution is 5.21. The molecule has 2 unspecified atom stereocenters. The number of likely N-dealkylation sites (tertiary alicyclic amines) is 1. The van der Waals surface area contributed by atoms with Crippen LogP contribution in [0.4, 0.5) is 0 Å². The van der Waals surface area contributed by atoms with Crippen molar-refractivity contribution >= 4 is 0 Å². The summed E-state index contributed by atoms with van der Waals surface area (Å²) in [4.78, 5) is 2.58. The van der Waals surface area contributed by atoms with Gasteiger partial charge in [-0.2, -0.15) is 0 Å². The van der Waals surface area contributed by atoms with E-state index in [0.717, 1.165) is 32.5 Å². The first-order valence-corrected chi connectivity index (χ1v) is 7.33. The summed E-state index contributed by atoms with van der Waals surface area (Å²) in [5, 5.41) is 0. The van der Waals surface area contributed by atoms with Gasteiger partial charge in [0.2, 0.25) is 0 Å². The lowest BCUT2D eigenvalue weighted by Crippen LogP contribution is -2.37. The van der Waals surface area contributed by atoms with E-state index in [9.17, 15) is 0 Å². The van der Waals surface area contributed by atoms with E-state index < -0.39 is 0 Å². The van der Waals surface area contributed by atoms with Gasteiger partial charge in [-0.15, -0.1) is 0 Å². The lowest BCUT2D eigenvalue weighted by atomic mass is 9.99. The summed E-state index contributed by atoms with van der Waals surface area (Å²) in [6, 6.07) is 11.4. The molecule has 1 heterocycles. The lowest BCUT2D eigenvalue weighted by Gasteiger charge is -2.27. The molecular weight excluding hydrogens is 236 g/mol. The zero-order chi connectivity index (χ0) is 13.5. The highest BCUT2D eigenvalue weighted by Gasteiger charge is 2.28. The third-order valence-electron chi connectivity index (χ3n) is 4.11. The molecule has 19 heavy (non-hydrogen) atoms. The number of nitrogens with zero attached hydrogens (tertiary/aromatic N) is 1. The number of rotatable bonds is 7. The van der Waals surface area contributed by atoms with Crippen molar-refractivity contribution in [1.29, 1.82) is 0 Å². The largest absolute Gasteiger partial charge is 0.383 e. The number of hydrogen-bond donors (Lipinski definition) is 1. The van der Waals surface area contributed by atoms with Crippen LogP contribution in [0.1, 0.15) is 30.7 Å². The van der Waals surface area contributed by atoms with Crippen LogP contribution < -0.4 is 5.73 Å². The average molecular weight is 262 g/mol. The van der Waals surface area contributed by atoms with E-state index >= 15 is 0 Å². The molecule has 106 valence electrons. The summed E-state index contributed by atoms with van der Waals surface area (Å²) in [6.45, 7) is 3.93. The number of methoxy groups -OCH3 is 1. The molecule has 0 spiro atoms. The zero-order valence-corrected chi connectivity index (χ0v) is 11.9. The molecule has 1 saturated heterocycles. The fourth-order valence-corrected chi connectivity index (χ4v) is 3.03. The van der Waals surface area contributed by atoms with Crippen LogP contribution in [0.3, 0.4) is 0 Å². The fraction of sp³-hybridized carbons (Fsp3) is 0.625. The van der Waals surface area contributed by atoms with E-state index in [0.29, 0.717) is 12.0 Å².